The van der Waals surface area contributed by atoms with Crippen LogP contribution in [-0.4, -0.2) is 24.8 Å². The fourth-order valence-corrected chi connectivity index (χ4v) is 1.19. The van der Waals surface area contributed by atoms with E-state index in [1.54, 1.807) is 0 Å². The molecule has 0 atom stereocenters. The van der Waals surface area contributed by atoms with Crippen LogP contribution in [0.4, 0.5) is 0 Å². The van der Waals surface area contributed by atoms with Crippen LogP contribution in [0.2, 0.25) is 0 Å². The molecule has 0 aromatic heterocycles. The van der Waals surface area contributed by atoms with Crippen molar-refractivity contribution >= 4 is 0 Å². The predicted molar refractivity (Wildman–Crippen MR) is 54.8 cm³/mol. The second-order valence-corrected chi connectivity index (χ2v) is 3.21. The van der Waals surface area contributed by atoms with Gasteiger partial charge in [-0.15, -0.1) is 0 Å². The summed E-state index contributed by atoms with van der Waals surface area (Å²) in [5, 5.41) is 11.7. The van der Waals surface area contributed by atoms with Crippen LogP contribution < -0.4 is 5.32 Å². The first-order chi connectivity index (χ1) is 6.33. The Morgan fingerprint density at radius 3 is 2.46 bits per heavy atom. The van der Waals surface area contributed by atoms with Gasteiger partial charge in [0.15, 0.2) is 0 Å². The van der Waals surface area contributed by atoms with E-state index in [1.807, 2.05) is 0 Å². The maximum absolute atomic E-state index is 8.54. The number of hydrogen-bond donors (Lipinski definition) is 2. The van der Waals surface area contributed by atoms with Crippen molar-refractivity contribution in [3.05, 3.63) is 35.4 Å². The van der Waals surface area contributed by atoms with E-state index in [2.05, 4.69) is 36.5 Å². The molecule has 0 spiro atoms. The van der Waals surface area contributed by atoms with Crippen LogP contribution in [0.1, 0.15) is 11.1 Å². The molecule has 0 unspecified atom stereocenters. The second kappa shape index (κ2) is 5.73. The van der Waals surface area contributed by atoms with Crippen LogP contribution in [0.25, 0.3) is 0 Å². The first kappa shape index (κ1) is 10.2. The van der Waals surface area contributed by atoms with E-state index >= 15 is 0 Å². The molecule has 0 aliphatic rings. The van der Waals surface area contributed by atoms with Gasteiger partial charge < -0.3 is 10.4 Å². The van der Waals surface area contributed by atoms with E-state index in [0.29, 0.717) is 6.54 Å². The van der Waals surface area contributed by atoms with Crippen molar-refractivity contribution in [2.45, 2.75) is 13.3 Å². The fraction of sp³-hybridized carbons (Fsp3) is 0.455. The molecule has 1 rings (SSSR count). The number of benzene rings is 1. The van der Waals surface area contributed by atoms with E-state index in [9.17, 15) is 0 Å². The molecule has 72 valence electrons. The molecule has 0 radical (unpaired) electrons. The zero-order valence-corrected chi connectivity index (χ0v) is 8.09. The lowest BCUT2D eigenvalue weighted by Gasteiger charge is -2.03. The Kier molecular flexibility index (Phi) is 4.50. The highest BCUT2D eigenvalue weighted by molar-refractivity contribution is 5.21. The van der Waals surface area contributed by atoms with Crippen LogP contribution in [0, 0.1) is 6.92 Å². The Bertz CT molecular complexity index is 230. The predicted octanol–water partition coefficient (Wildman–Crippen LogP) is 1.12. The molecule has 13 heavy (non-hydrogen) atoms. The van der Waals surface area contributed by atoms with Crippen LogP contribution >= 0.6 is 0 Å². The van der Waals surface area contributed by atoms with Crippen molar-refractivity contribution in [2.75, 3.05) is 19.7 Å². The first-order valence-corrected chi connectivity index (χ1v) is 4.70. The quantitative estimate of drug-likeness (QED) is 0.664. The molecule has 1 aromatic carbocycles. The van der Waals surface area contributed by atoms with Gasteiger partial charge in [0, 0.05) is 6.54 Å². The largest absolute Gasteiger partial charge is 0.395 e. The van der Waals surface area contributed by atoms with Gasteiger partial charge in [0.25, 0.3) is 0 Å². The van der Waals surface area contributed by atoms with E-state index in [0.717, 1.165) is 13.0 Å². The summed E-state index contributed by atoms with van der Waals surface area (Å²) >= 11 is 0. The smallest absolute Gasteiger partial charge is 0.0555 e. The highest BCUT2D eigenvalue weighted by Gasteiger charge is 1.91. The number of aliphatic hydroxyl groups is 1. The summed E-state index contributed by atoms with van der Waals surface area (Å²) in [6.07, 6.45) is 1.03. The van der Waals surface area contributed by atoms with Gasteiger partial charge in [-0.3, -0.25) is 0 Å². The van der Waals surface area contributed by atoms with Gasteiger partial charge in [-0.25, -0.2) is 0 Å². The number of aryl methyl sites for hydroxylation is 1. The minimum Gasteiger partial charge on any atom is -0.395 e. The van der Waals surface area contributed by atoms with Crippen LogP contribution in [0.5, 0.6) is 0 Å². The molecule has 0 saturated heterocycles. The molecular weight excluding hydrogens is 162 g/mol. The molecular formula is C11H17NO. The summed E-state index contributed by atoms with van der Waals surface area (Å²) in [5.74, 6) is 0. The van der Waals surface area contributed by atoms with E-state index in [-0.39, 0.29) is 6.61 Å². The zero-order chi connectivity index (χ0) is 9.52. The van der Waals surface area contributed by atoms with Crippen molar-refractivity contribution in [3.63, 3.8) is 0 Å². The summed E-state index contributed by atoms with van der Waals surface area (Å²) in [7, 11) is 0. The Balaban J connectivity index is 2.25. The number of aliphatic hydroxyl groups excluding tert-OH is 1. The standard InChI is InChI=1S/C11H17NO/c1-10-2-4-11(5-3-10)6-7-12-8-9-13/h2-5,12-13H,6-9H2,1H3. The van der Waals surface area contributed by atoms with E-state index in [1.165, 1.54) is 11.1 Å². The van der Waals surface area contributed by atoms with E-state index < -0.39 is 0 Å². The van der Waals surface area contributed by atoms with Crippen LogP contribution in [0.15, 0.2) is 24.3 Å². The summed E-state index contributed by atoms with van der Waals surface area (Å²) in [6, 6.07) is 8.55. The topological polar surface area (TPSA) is 32.3 Å². The lowest BCUT2D eigenvalue weighted by molar-refractivity contribution is 0.293. The van der Waals surface area contributed by atoms with Gasteiger partial charge in [0.1, 0.15) is 0 Å². The highest BCUT2D eigenvalue weighted by Crippen LogP contribution is 2.02. The molecule has 1 aromatic rings. The molecule has 0 aliphatic carbocycles. The average molecular weight is 179 g/mol. The Hall–Kier alpha value is -0.860. The van der Waals surface area contributed by atoms with Crippen molar-refractivity contribution in [1.29, 1.82) is 0 Å². The van der Waals surface area contributed by atoms with Gasteiger partial charge in [-0.2, -0.15) is 0 Å². The monoisotopic (exact) mass is 179 g/mol. The molecule has 0 aliphatic heterocycles. The maximum atomic E-state index is 8.54. The van der Waals surface area contributed by atoms with Gasteiger partial charge >= 0.3 is 0 Å². The van der Waals surface area contributed by atoms with Crippen LogP contribution in [0.3, 0.4) is 0 Å². The number of nitrogens with one attached hydrogen (secondary N) is 1. The first-order valence-electron chi connectivity index (χ1n) is 4.70. The summed E-state index contributed by atoms with van der Waals surface area (Å²) < 4.78 is 0. The van der Waals surface area contributed by atoms with Crippen molar-refractivity contribution in [2.24, 2.45) is 0 Å². The van der Waals surface area contributed by atoms with Gasteiger partial charge in [0.2, 0.25) is 0 Å². The Morgan fingerprint density at radius 2 is 1.85 bits per heavy atom. The molecule has 0 fully saturated rings. The maximum Gasteiger partial charge on any atom is 0.0555 e. The minimum atomic E-state index is 0.216. The van der Waals surface area contributed by atoms with Gasteiger partial charge in [-0.1, -0.05) is 29.8 Å². The SMILES string of the molecule is Cc1ccc(CCNCCO)cc1. The van der Waals surface area contributed by atoms with E-state index in [4.69, 9.17) is 5.11 Å². The normalized spacial score (nSPS) is 10.3. The summed E-state index contributed by atoms with van der Waals surface area (Å²) in [5.41, 5.74) is 2.64. The second-order valence-electron chi connectivity index (χ2n) is 3.21. The summed E-state index contributed by atoms with van der Waals surface area (Å²) in [4.78, 5) is 0. The van der Waals surface area contributed by atoms with Crippen LogP contribution in [-0.2, 0) is 6.42 Å². The molecule has 2 N–H and O–H groups in total. The van der Waals surface area contributed by atoms with Crippen molar-refractivity contribution in [1.82, 2.24) is 5.32 Å². The van der Waals surface area contributed by atoms with Gasteiger partial charge in [-0.05, 0) is 25.5 Å². The lowest BCUT2D eigenvalue weighted by atomic mass is 10.1. The minimum absolute atomic E-state index is 0.216. The lowest BCUT2D eigenvalue weighted by Crippen LogP contribution is -2.20. The molecule has 0 heterocycles. The molecule has 0 amide bonds. The Labute approximate surface area is 79.6 Å². The average Bonchev–Trinajstić information content (AvgIpc) is 2.15. The summed E-state index contributed by atoms with van der Waals surface area (Å²) in [6.45, 7) is 3.93. The molecule has 2 heteroatoms. The van der Waals surface area contributed by atoms with Crippen molar-refractivity contribution in [3.8, 4) is 0 Å². The Morgan fingerprint density at radius 1 is 1.15 bits per heavy atom. The molecule has 0 bridgehead atoms. The molecule has 0 saturated carbocycles. The number of hydrogen-bond acceptors (Lipinski definition) is 2. The van der Waals surface area contributed by atoms with Gasteiger partial charge in [0.05, 0.1) is 6.61 Å². The zero-order valence-electron chi connectivity index (χ0n) is 8.09. The third kappa shape index (κ3) is 4.06. The molecule has 2 nitrogen and oxygen atoms in total. The van der Waals surface area contributed by atoms with Crippen molar-refractivity contribution < 1.29 is 5.11 Å². The fourth-order valence-electron chi connectivity index (χ4n) is 1.19. The number of rotatable bonds is 5. The third-order valence-corrected chi connectivity index (χ3v) is 2.00. The third-order valence-electron chi connectivity index (χ3n) is 2.00. The highest BCUT2D eigenvalue weighted by atomic mass is 16.3.